The predicted octanol–water partition coefficient (Wildman–Crippen LogP) is 3.67. The van der Waals surface area contributed by atoms with E-state index in [0.29, 0.717) is 5.92 Å². The first-order valence-corrected chi connectivity index (χ1v) is 9.51. The zero-order chi connectivity index (χ0) is 13.3. The molecule has 0 spiro atoms. The van der Waals surface area contributed by atoms with Gasteiger partial charge < -0.3 is 4.74 Å². The van der Waals surface area contributed by atoms with Crippen LogP contribution in [0.25, 0.3) is 0 Å². The zero-order valence-corrected chi connectivity index (χ0v) is 12.9. The summed E-state index contributed by atoms with van der Waals surface area (Å²) in [5, 5.41) is 3.14. The summed E-state index contributed by atoms with van der Waals surface area (Å²) in [5.41, 5.74) is 1.47. The molecule has 0 amide bonds. The van der Waals surface area contributed by atoms with Crippen molar-refractivity contribution in [3.8, 4) is 5.75 Å². The molecule has 0 heterocycles. The fourth-order valence-corrected chi connectivity index (χ4v) is 6.67. The van der Waals surface area contributed by atoms with Crippen LogP contribution < -0.4 is 9.92 Å². The average molecular weight is 258 g/mol. The van der Waals surface area contributed by atoms with Crippen molar-refractivity contribution in [3.05, 3.63) is 47.2 Å². The molecule has 18 heavy (non-hydrogen) atoms. The molecule has 96 valence electrons. The van der Waals surface area contributed by atoms with Gasteiger partial charge in [0.2, 0.25) is 0 Å². The standard InChI is InChI=1S/C16H22OSi/c1-12-6-7-13(2)16(12)18(4,5)15-10-8-14(17-3)9-11-15/h6-12H,1-5H3. The van der Waals surface area contributed by atoms with Crippen molar-refractivity contribution in [2.24, 2.45) is 5.92 Å². The Bertz CT molecular complexity index is 494. The highest BCUT2D eigenvalue weighted by atomic mass is 28.3. The number of rotatable bonds is 3. The number of hydrogen-bond donors (Lipinski definition) is 0. The van der Waals surface area contributed by atoms with E-state index < -0.39 is 8.07 Å². The fourth-order valence-electron chi connectivity index (χ4n) is 3.06. The van der Waals surface area contributed by atoms with Crippen LogP contribution >= 0.6 is 0 Å². The van der Waals surface area contributed by atoms with Crippen LogP contribution in [-0.4, -0.2) is 15.2 Å². The molecule has 0 saturated heterocycles. The van der Waals surface area contributed by atoms with Gasteiger partial charge in [-0.15, -0.1) is 0 Å². The first-order valence-electron chi connectivity index (χ1n) is 6.51. The van der Waals surface area contributed by atoms with Crippen molar-refractivity contribution in [1.29, 1.82) is 0 Å². The van der Waals surface area contributed by atoms with Gasteiger partial charge in [-0.3, -0.25) is 0 Å². The van der Waals surface area contributed by atoms with Gasteiger partial charge in [0.1, 0.15) is 13.8 Å². The average Bonchev–Trinajstić information content (AvgIpc) is 2.69. The SMILES string of the molecule is COc1ccc([Si](C)(C)C2=C(C)C=CC2C)cc1. The third-order valence-electron chi connectivity index (χ3n) is 4.00. The van der Waals surface area contributed by atoms with Gasteiger partial charge in [0, 0.05) is 0 Å². The van der Waals surface area contributed by atoms with E-state index in [1.54, 1.807) is 12.3 Å². The second-order valence-corrected chi connectivity index (χ2v) is 9.96. The lowest BCUT2D eigenvalue weighted by molar-refractivity contribution is 0.415. The number of allylic oxidation sites excluding steroid dienone is 4. The summed E-state index contributed by atoms with van der Waals surface area (Å²) >= 11 is 0. The van der Waals surface area contributed by atoms with Crippen molar-refractivity contribution >= 4 is 13.3 Å². The maximum Gasteiger partial charge on any atom is 0.118 e. The fraction of sp³-hybridized carbons (Fsp3) is 0.375. The minimum Gasteiger partial charge on any atom is -0.497 e. The van der Waals surface area contributed by atoms with Gasteiger partial charge in [-0.25, -0.2) is 0 Å². The Balaban J connectivity index is 2.39. The molecule has 0 N–H and O–H groups in total. The van der Waals surface area contributed by atoms with Crippen molar-refractivity contribution in [2.45, 2.75) is 26.9 Å². The molecule has 0 saturated carbocycles. The molecule has 0 bridgehead atoms. The Morgan fingerprint density at radius 2 is 1.72 bits per heavy atom. The third kappa shape index (κ3) is 2.17. The molecule has 1 atom stereocenters. The van der Waals surface area contributed by atoms with Gasteiger partial charge in [-0.2, -0.15) is 0 Å². The van der Waals surface area contributed by atoms with Crippen LogP contribution in [0.4, 0.5) is 0 Å². The Hall–Kier alpha value is -1.28. The quantitative estimate of drug-likeness (QED) is 0.752. The van der Waals surface area contributed by atoms with Crippen molar-refractivity contribution in [3.63, 3.8) is 0 Å². The second-order valence-electron chi connectivity index (χ2n) is 5.60. The van der Waals surface area contributed by atoms with Crippen LogP contribution in [-0.2, 0) is 0 Å². The van der Waals surface area contributed by atoms with E-state index in [-0.39, 0.29) is 0 Å². The largest absolute Gasteiger partial charge is 0.497 e. The van der Waals surface area contributed by atoms with E-state index in [1.807, 2.05) is 0 Å². The minimum atomic E-state index is -1.55. The molecule has 0 aliphatic heterocycles. The molecule has 1 unspecified atom stereocenters. The minimum absolute atomic E-state index is 0.591. The van der Waals surface area contributed by atoms with Gasteiger partial charge >= 0.3 is 0 Å². The topological polar surface area (TPSA) is 9.23 Å². The van der Waals surface area contributed by atoms with E-state index in [0.717, 1.165) is 5.75 Å². The summed E-state index contributed by atoms with van der Waals surface area (Å²) in [7, 11) is 0.169. The summed E-state index contributed by atoms with van der Waals surface area (Å²) in [6.45, 7) is 9.43. The normalized spacial score (nSPS) is 19.5. The number of benzene rings is 1. The summed E-state index contributed by atoms with van der Waals surface area (Å²) in [6, 6.07) is 8.62. The number of hydrogen-bond acceptors (Lipinski definition) is 1. The summed E-state index contributed by atoms with van der Waals surface area (Å²) in [6.07, 6.45) is 4.60. The number of ether oxygens (including phenoxy) is 1. The Morgan fingerprint density at radius 3 is 2.17 bits per heavy atom. The molecular formula is C16H22OSi. The van der Waals surface area contributed by atoms with E-state index in [2.05, 4.69) is 63.4 Å². The Labute approximate surface area is 111 Å². The Kier molecular flexibility index (Phi) is 3.49. The highest BCUT2D eigenvalue weighted by Crippen LogP contribution is 2.32. The molecule has 1 aliphatic carbocycles. The molecular weight excluding hydrogens is 236 g/mol. The highest BCUT2D eigenvalue weighted by molar-refractivity contribution is 6.96. The molecule has 0 radical (unpaired) electrons. The van der Waals surface area contributed by atoms with Crippen molar-refractivity contribution in [1.82, 2.24) is 0 Å². The summed E-state index contributed by atoms with van der Waals surface area (Å²) in [5.74, 6) is 1.53. The maximum absolute atomic E-state index is 5.24. The molecule has 0 aromatic heterocycles. The molecule has 2 rings (SSSR count). The van der Waals surface area contributed by atoms with Gasteiger partial charge in [-0.1, -0.05) is 60.3 Å². The van der Waals surface area contributed by atoms with Crippen LogP contribution in [0.2, 0.25) is 13.1 Å². The third-order valence-corrected chi connectivity index (χ3v) is 7.97. The monoisotopic (exact) mass is 258 g/mol. The van der Waals surface area contributed by atoms with Crippen LogP contribution in [0.3, 0.4) is 0 Å². The maximum atomic E-state index is 5.24. The number of methoxy groups -OCH3 is 1. The van der Waals surface area contributed by atoms with Crippen LogP contribution in [0, 0.1) is 5.92 Å². The van der Waals surface area contributed by atoms with Gasteiger partial charge in [-0.05, 0) is 25.0 Å². The van der Waals surface area contributed by atoms with E-state index in [9.17, 15) is 0 Å². The molecule has 1 nitrogen and oxygen atoms in total. The summed E-state index contributed by atoms with van der Waals surface area (Å²) < 4.78 is 5.24. The zero-order valence-electron chi connectivity index (χ0n) is 11.9. The lowest BCUT2D eigenvalue weighted by Gasteiger charge is -2.29. The van der Waals surface area contributed by atoms with Gasteiger partial charge in [0.25, 0.3) is 0 Å². The van der Waals surface area contributed by atoms with E-state index in [1.165, 1.54) is 10.8 Å². The second kappa shape index (κ2) is 4.77. The van der Waals surface area contributed by atoms with E-state index in [4.69, 9.17) is 4.74 Å². The predicted molar refractivity (Wildman–Crippen MR) is 81.1 cm³/mol. The first-order chi connectivity index (χ1) is 8.46. The van der Waals surface area contributed by atoms with Crippen molar-refractivity contribution in [2.75, 3.05) is 7.11 Å². The Morgan fingerprint density at radius 1 is 1.11 bits per heavy atom. The molecule has 0 fully saturated rings. The molecule has 1 aliphatic rings. The lowest BCUT2D eigenvalue weighted by Crippen LogP contribution is -2.45. The van der Waals surface area contributed by atoms with Gasteiger partial charge in [0.05, 0.1) is 7.11 Å². The van der Waals surface area contributed by atoms with Crippen LogP contribution in [0.5, 0.6) is 5.75 Å². The summed E-state index contributed by atoms with van der Waals surface area (Å²) in [4.78, 5) is 0. The molecule has 2 heteroatoms. The first kappa shape index (κ1) is 13.2. The van der Waals surface area contributed by atoms with Crippen LogP contribution in [0.15, 0.2) is 47.2 Å². The van der Waals surface area contributed by atoms with Crippen molar-refractivity contribution < 1.29 is 4.74 Å². The smallest absolute Gasteiger partial charge is 0.118 e. The highest BCUT2D eigenvalue weighted by Gasteiger charge is 2.33. The van der Waals surface area contributed by atoms with Crippen LogP contribution in [0.1, 0.15) is 13.8 Å². The van der Waals surface area contributed by atoms with E-state index >= 15 is 0 Å². The molecule has 1 aromatic carbocycles. The van der Waals surface area contributed by atoms with Gasteiger partial charge in [0.15, 0.2) is 0 Å². The lowest BCUT2D eigenvalue weighted by atomic mass is 10.2. The molecule has 1 aromatic rings.